The number of nitrogens with zero attached hydrogens (tertiary/aromatic N) is 3. The van der Waals surface area contributed by atoms with Crippen LogP contribution in [0, 0.1) is 12.7 Å². The highest BCUT2D eigenvalue weighted by Gasteiger charge is 2.14. The van der Waals surface area contributed by atoms with Crippen LogP contribution < -0.4 is 5.73 Å². The zero-order valence-corrected chi connectivity index (χ0v) is 10.7. The van der Waals surface area contributed by atoms with Gasteiger partial charge in [0, 0.05) is 11.4 Å². The maximum absolute atomic E-state index is 13.0. The lowest BCUT2D eigenvalue weighted by Crippen LogP contribution is -1.92. The van der Waals surface area contributed by atoms with E-state index in [9.17, 15) is 4.39 Å². The number of nitrogen functional groups attached to an aromatic ring is 1. The molecule has 0 radical (unpaired) electrons. The van der Waals surface area contributed by atoms with E-state index >= 15 is 0 Å². The zero-order chi connectivity index (χ0) is 14.1. The van der Waals surface area contributed by atoms with Crippen molar-refractivity contribution in [3.8, 4) is 23.0 Å². The number of aryl methyl sites for hydroxylation is 1. The molecule has 0 atom stereocenters. The molecule has 0 saturated carbocycles. The Hall–Kier alpha value is -2.76. The van der Waals surface area contributed by atoms with Gasteiger partial charge in [-0.15, -0.1) is 0 Å². The van der Waals surface area contributed by atoms with Gasteiger partial charge in [-0.3, -0.25) is 0 Å². The molecular formula is C14H11FN4O. The number of halogens is 1. The highest BCUT2D eigenvalue weighted by molar-refractivity contribution is 5.71. The van der Waals surface area contributed by atoms with Gasteiger partial charge < -0.3 is 10.3 Å². The van der Waals surface area contributed by atoms with E-state index in [0.29, 0.717) is 17.1 Å². The zero-order valence-electron chi connectivity index (χ0n) is 10.7. The number of hydrogen-bond donors (Lipinski definition) is 1. The first-order chi connectivity index (χ1) is 9.63. The minimum absolute atomic E-state index is 0.237. The number of hydrogen-bond acceptors (Lipinski definition) is 5. The van der Waals surface area contributed by atoms with Crippen molar-refractivity contribution in [2.24, 2.45) is 0 Å². The molecule has 0 bridgehead atoms. The summed E-state index contributed by atoms with van der Waals surface area (Å²) < 4.78 is 18.2. The average Bonchev–Trinajstić information content (AvgIpc) is 2.88. The van der Waals surface area contributed by atoms with E-state index in [1.807, 2.05) is 19.1 Å². The Labute approximate surface area is 114 Å². The number of benzene rings is 1. The summed E-state index contributed by atoms with van der Waals surface area (Å²) in [7, 11) is 0. The SMILES string of the molecule is Cc1cccc(-c2noc(-c3ccc(F)cc3N)n2)n1. The molecule has 100 valence electrons. The third-order valence-corrected chi connectivity index (χ3v) is 2.79. The monoisotopic (exact) mass is 270 g/mol. The Morgan fingerprint density at radius 2 is 2.00 bits per heavy atom. The van der Waals surface area contributed by atoms with Crippen molar-refractivity contribution in [3.63, 3.8) is 0 Å². The first kappa shape index (κ1) is 12.3. The third kappa shape index (κ3) is 2.23. The van der Waals surface area contributed by atoms with Gasteiger partial charge in [0.15, 0.2) is 0 Å². The van der Waals surface area contributed by atoms with Gasteiger partial charge in [0.1, 0.15) is 11.5 Å². The van der Waals surface area contributed by atoms with Crippen LogP contribution in [0.3, 0.4) is 0 Å². The van der Waals surface area contributed by atoms with Crippen LogP contribution in [0.25, 0.3) is 23.0 Å². The molecule has 0 aliphatic carbocycles. The summed E-state index contributed by atoms with van der Waals surface area (Å²) in [4.78, 5) is 8.55. The summed E-state index contributed by atoms with van der Waals surface area (Å²) in [6.45, 7) is 1.88. The van der Waals surface area contributed by atoms with Crippen molar-refractivity contribution in [1.29, 1.82) is 0 Å². The highest BCUT2D eigenvalue weighted by atomic mass is 19.1. The molecule has 2 aromatic heterocycles. The second kappa shape index (κ2) is 4.73. The Balaban J connectivity index is 2.02. The molecule has 20 heavy (non-hydrogen) atoms. The van der Waals surface area contributed by atoms with E-state index in [1.165, 1.54) is 18.2 Å². The quantitative estimate of drug-likeness (QED) is 0.724. The molecule has 0 fully saturated rings. The highest BCUT2D eigenvalue weighted by Crippen LogP contribution is 2.26. The lowest BCUT2D eigenvalue weighted by atomic mass is 10.2. The molecule has 3 rings (SSSR count). The average molecular weight is 270 g/mol. The Kier molecular flexibility index (Phi) is 2.90. The number of rotatable bonds is 2. The van der Waals surface area contributed by atoms with Gasteiger partial charge in [0.25, 0.3) is 5.89 Å². The van der Waals surface area contributed by atoms with E-state index < -0.39 is 5.82 Å². The smallest absolute Gasteiger partial charge is 0.260 e. The van der Waals surface area contributed by atoms with Crippen LogP contribution in [-0.4, -0.2) is 15.1 Å². The Bertz CT molecular complexity index is 769. The molecule has 2 heterocycles. The fourth-order valence-electron chi connectivity index (χ4n) is 1.83. The van der Waals surface area contributed by atoms with E-state index in [1.54, 1.807) is 6.07 Å². The predicted molar refractivity (Wildman–Crippen MR) is 72.1 cm³/mol. The van der Waals surface area contributed by atoms with E-state index in [2.05, 4.69) is 15.1 Å². The minimum atomic E-state index is -0.411. The predicted octanol–water partition coefficient (Wildman–Crippen LogP) is 2.83. The lowest BCUT2D eigenvalue weighted by Gasteiger charge is -1.99. The summed E-state index contributed by atoms with van der Waals surface area (Å²) in [5, 5.41) is 3.87. The van der Waals surface area contributed by atoms with Crippen LogP contribution in [0.5, 0.6) is 0 Å². The van der Waals surface area contributed by atoms with Gasteiger partial charge >= 0.3 is 0 Å². The molecule has 0 aliphatic heterocycles. The molecule has 0 unspecified atom stereocenters. The molecular weight excluding hydrogens is 259 g/mol. The molecule has 0 saturated heterocycles. The first-order valence-corrected chi connectivity index (χ1v) is 5.96. The van der Waals surface area contributed by atoms with Gasteiger partial charge in [0.05, 0.1) is 5.56 Å². The van der Waals surface area contributed by atoms with Crippen molar-refractivity contribution in [3.05, 3.63) is 47.9 Å². The molecule has 6 heteroatoms. The van der Waals surface area contributed by atoms with Crippen LogP contribution >= 0.6 is 0 Å². The summed E-state index contributed by atoms with van der Waals surface area (Å²) in [6, 6.07) is 9.54. The fraction of sp³-hybridized carbons (Fsp3) is 0.0714. The minimum Gasteiger partial charge on any atom is -0.398 e. The largest absolute Gasteiger partial charge is 0.398 e. The number of nitrogens with two attached hydrogens (primary N) is 1. The second-order valence-electron chi connectivity index (χ2n) is 4.32. The van der Waals surface area contributed by atoms with Crippen LogP contribution in [0.15, 0.2) is 40.9 Å². The van der Waals surface area contributed by atoms with Crippen LogP contribution in [0.2, 0.25) is 0 Å². The molecule has 3 aromatic rings. The fourth-order valence-corrected chi connectivity index (χ4v) is 1.83. The lowest BCUT2D eigenvalue weighted by molar-refractivity contribution is 0.432. The van der Waals surface area contributed by atoms with E-state index in [4.69, 9.17) is 10.3 Å². The Morgan fingerprint density at radius 3 is 2.75 bits per heavy atom. The molecule has 2 N–H and O–H groups in total. The summed E-state index contributed by atoms with van der Waals surface area (Å²) in [6.07, 6.45) is 0. The summed E-state index contributed by atoms with van der Waals surface area (Å²) in [5.41, 5.74) is 7.96. The molecule has 5 nitrogen and oxygen atoms in total. The standard InChI is InChI=1S/C14H11FN4O/c1-8-3-2-4-12(17-8)13-18-14(20-19-13)10-6-5-9(15)7-11(10)16/h2-7H,16H2,1H3. The van der Waals surface area contributed by atoms with Gasteiger partial charge in [-0.25, -0.2) is 9.37 Å². The number of aromatic nitrogens is 3. The van der Waals surface area contributed by atoms with Gasteiger partial charge in [0.2, 0.25) is 5.82 Å². The summed E-state index contributed by atoms with van der Waals surface area (Å²) >= 11 is 0. The van der Waals surface area contributed by atoms with Crippen molar-refractivity contribution < 1.29 is 8.91 Å². The summed E-state index contributed by atoms with van der Waals surface area (Å²) in [5.74, 6) is 0.194. The van der Waals surface area contributed by atoms with Crippen molar-refractivity contribution >= 4 is 5.69 Å². The maximum atomic E-state index is 13.0. The van der Waals surface area contributed by atoms with Crippen molar-refractivity contribution in [2.45, 2.75) is 6.92 Å². The first-order valence-electron chi connectivity index (χ1n) is 5.96. The molecule has 1 aromatic carbocycles. The van der Waals surface area contributed by atoms with Crippen LogP contribution in [0.4, 0.5) is 10.1 Å². The van der Waals surface area contributed by atoms with Crippen molar-refractivity contribution in [1.82, 2.24) is 15.1 Å². The van der Waals surface area contributed by atoms with Gasteiger partial charge in [-0.2, -0.15) is 4.98 Å². The number of anilines is 1. The normalized spacial score (nSPS) is 10.7. The Morgan fingerprint density at radius 1 is 1.15 bits per heavy atom. The van der Waals surface area contributed by atoms with E-state index in [-0.39, 0.29) is 11.6 Å². The van der Waals surface area contributed by atoms with Gasteiger partial charge in [-0.1, -0.05) is 11.2 Å². The topological polar surface area (TPSA) is 77.8 Å². The van der Waals surface area contributed by atoms with Crippen molar-refractivity contribution in [2.75, 3.05) is 5.73 Å². The number of pyridine rings is 1. The van der Waals surface area contributed by atoms with Crippen LogP contribution in [-0.2, 0) is 0 Å². The second-order valence-corrected chi connectivity index (χ2v) is 4.32. The van der Waals surface area contributed by atoms with Crippen LogP contribution in [0.1, 0.15) is 5.69 Å². The van der Waals surface area contributed by atoms with E-state index in [0.717, 1.165) is 5.69 Å². The third-order valence-electron chi connectivity index (χ3n) is 2.79. The maximum Gasteiger partial charge on any atom is 0.260 e. The molecule has 0 spiro atoms. The molecule has 0 aliphatic rings. The van der Waals surface area contributed by atoms with Gasteiger partial charge in [-0.05, 0) is 37.3 Å². The molecule has 0 amide bonds.